The molecule has 3 N–H and O–H groups in total. The molecule has 2 aromatic rings. The van der Waals surface area contributed by atoms with E-state index in [1.807, 2.05) is 36.4 Å². The Bertz CT molecular complexity index is 1300. The van der Waals surface area contributed by atoms with Crippen LogP contribution in [0.2, 0.25) is 0 Å². The standard InChI is InChI=1S/C36H50N6O5S/c43-34(33(15-18-41-19-21-46-22-20-41)40-35(44)42-16-7-8-17-42)38-30(23-28-9-3-1-4-10-28)13-14-31(24-29-11-5-2-6-12-29)39-36(45)47-26-32-25-37-27-48-32/h1-6,9-12,27,30-33H,7-8,13-26H2,(H,38,43)(H,39,45)(H,40,44)/t30-,31-,32?,33+/m1/s1. The number of amides is 4. The van der Waals surface area contributed by atoms with Gasteiger partial charge in [0.1, 0.15) is 12.6 Å². The van der Waals surface area contributed by atoms with Gasteiger partial charge < -0.3 is 30.3 Å². The maximum Gasteiger partial charge on any atom is 0.407 e. The Morgan fingerprint density at radius 1 is 0.833 bits per heavy atom. The number of carbonyl (C=O) groups excluding carboxylic acids is 3. The van der Waals surface area contributed by atoms with Crippen LogP contribution in [0.3, 0.4) is 0 Å². The molecule has 1 unspecified atom stereocenters. The van der Waals surface area contributed by atoms with Crippen LogP contribution in [0.1, 0.15) is 43.2 Å². The molecule has 0 aliphatic carbocycles. The summed E-state index contributed by atoms with van der Waals surface area (Å²) in [6.45, 7) is 6.06. The Morgan fingerprint density at radius 2 is 1.46 bits per heavy atom. The van der Waals surface area contributed by atoms with Gasteiger partial charge in [0.2, 0.25) is 5.91 Å². The number of nitrogens with zero attached hydrogens (tertiary/aromatic N) is 3. The summed E-state index contributed by atoms with van der Waals surface area (Å²) in [7, 11) is 0. The maximum atomic E-state index is 14.0. The van der Waals surface area contributed by atoms with Gasteiger partial charge in [0.15, 0.2) is 0 Å². The van der Waals surface area contributed by atoms with Crippen molar-refractivity contribution >= 4 is 35.3 Å². The zero-order valence-corrected chi connectivity index (χ0v) is 28.6. The molecule has 3 aliphatic rings. The Kier molecular flexibility index (Phi) is 14.4. The molecule has 4 amide bonds. The first kappa shape index (κ1) is 35.7. The van der Waals surface area contributed by atoms with Crippen LogP contribution in [0.5, 0.6) is 0 Å². The van der Waals surface area contributed by atoms with Crippen molar-refractivity contribution in [2.24, 2.45) is 4.99 Å². The second-order valence-electron chi connectivity index (χ2n) is 12.8. The molecule has 5 rings (SSSR count). The Labute approximate surface area is 288 Å². The highest BCUT2D eigenvalue weighted by Crippen LogP contribution is 2.17. The molecule has 0 bridgehead atoms. The van der Waals surface area contributed by atoms with Gasteiger partial charge in [-0.1, -0.05) is 60.7 Å². The van der Waals surface area contributed by atoms with Crippen molar-refractivity contribution in [3.63, 3.8) is 0 Å². The minimum Gasteiger partial charge on any atom is -0.448 e. The van der Waals surface area contributed by atoms with Crippen LogP contribution in [0.15, 0.2) is 65.7 Å². The number of ether oxygens (including phenoxy) is 2. The van der Waals surface area contributed by atoms with Crippen molar-refractivity contribution in [2.75, 3.05) is 59.1 Å². The molecular weight excluding hydrogens is 629 g/mol. The molecule has 2 saturated heterocycles. The molecule has 2 aromatic carbocycles. The average Bonchev–Trinajstić information content (AvgIpc) is 3.85. The monoisotopic (exact) mass is 678 g/mol. The van der Waals surface area contributed by atoms with Crippen molar-refractivity contribution < 1.29 is 23.9 Å². The van der Waals surface area contributed by atoms with E-state index in [0.29, 0.717) is 78.1 Å². The van der Waals surface area contributed by atoms with Gasteiger partial charge in [-0.3, -0.25) is 14.7 Å². The number of likely N-dealkylation sites (tertiary alicyclic amines) is 1. The van der Waals surface area contributed by atoms with E-state index in [4.69, 9.17) is 9.47 Å². The zero-order valence-electron chi connectivity index (χ0n) is 27.8. The summed E-state index contributed by atoms with van der Waals surface area (Å²) in [4.78, 5) is 48.4. The maximum absolute atomic E-state index is 14.0. The number of carbonyl (C=O) groups is 3. The summed E-state index contributed by atoms with van der Waals surface area (Å²) < 4.78 is 11.1. The predicted octanol–water partition coefficient (Wildman–Crippen LogP) is 3.87. The number of urea groups is 1. The molecule has 3 aliphatic heterocycles. The normalized spacial score (nSPS) is 19.8. The van der Waals surface area contributed by atoms with Crippen LogP contribution in [-0.4, -0.2) is 116 Å². The molecule has 48 heavy (non-hydrogen) atoms. The Balaban J connectivity index is 1.25. The number of morpholine rings is 1. The van der Waals surface area contributed by atoms with Crippen LogP contribution in [0.4, 0.5) is 9.59 Å². The molecule has 0 saturated carbocycles. The number of rotatable bonds is 16. The molecule has 2 fully saturated rings. The summed E-state index contributed by atoms with van der Waals surface area (Å²) in [5.74, 6) is -0.181. The SMILES string of the molecule is O=C(N[C@H](CC[C@H](Cc1ccccc1)NC(=O)[C@H](CCN1CCOCC1)NC(=O)N1CCCC1)Cc1ccccc1)OCC1CN=CS1. The lowest BCUT2D eigenvalue weighted by molar-refractivity contribution is -0.124. The molecule has 0 spiro atoms. The lowest BCUT2D eigenvalue weighted by Crippen LogP contribution is -2.54. The first-order valence-corrected chi connectivity index (χ1v) is 18.3. The summed E-state index contributed by atoms with van der Waals surface area (Å²) in [5, 5.41) is 9.61. The minimum atomic E-state index is -0.662. The van der Waals surface area contributed by atoms with E-state index in [2.05, 4.69) is 50.1 Å². The van der Waals surface area contributed by atoms with Gasteiger partial charge in [-0.25, -0.2) is 9.59 Å². The average molecular weight is 679 g/mol. The Morgan fingerprint density at radius 3 is 2.06 bits per heavy atom. The largest absolute Gasteiger partial charge is 0.448 e. The van der Waals surface area contributed by atoms with E-state index in [1.54, 1.807) is 22.2 Å². The number of thioether (sulfide) groups is 1. The lowest BCUT2D eigenvalue weighted by Gasteiger charge is -2.30. The van der Waals surface area contributed by atoms with Gasteiger partial charge in [0.05, 0.1) is 30.6 Å². The van der Waals surface area contributed by atoms with E-state index in [9.17, 15) is 14.4 Å². The van der Waals surface area contributed by atoms with E-state index in [-0.39, 0.29) is 29.3 Å². The zero-order chi connectivity index (χ0) is 33.4. The van der Waals surface area contributed by atoms with E-state index < -0.39 is 12.1 Å². The number of benzene rings is 2. The van der Waals surface area contributed by atoms with Gasteiger partial charge >= 0.3 is 12.1 Å². The molecule has 260 valence electrons. The molecule has 0 aromatic heterocycles. The molecule has 11 nitrogen and oxygen atoms in total. The second-order valence-corrected chi connectivity index (χ2v) is 13.9. The van der Waals surface area contributed by atoms with Crippen molar-refractivity contribution in [2.45, 2.75) is 68.3 Å². The highest BCUT2D eigenvalue weighted by Gasteiger charge is 2.28. The highest BCUT2D eigenvalue weighted by molar-refractivity contribution is 8.12. The number of alkyl carbamates (subject to hydrolysis) is 1. The predicted molar refractivity (Wildman–Crippen MR) is 189 cm³/mol. The van der Waals surface area contributed by atoms with Gasteiger partial charge in [-0.05, 0) is 56.1 Å². The number of hydrogen-bond acceptors (Lipinski definition) is 8. The van der Waals surface area contributed by atoms with E-state index >= 15 is 0 Å². The van der Waals surface area contributed by atoms with Gasteiger partial charge in [0.25, 0.3) is 0 Å². The van der Waals surface area contributed by atoms with Crippen molar-refractivity contribution in [1.82, 2.24) is 25.8 Å². The summed E-state index contributed by atoms with van der Waals surface area (Å²) >= 11 is 1.58. The van der Waals surface area contributed by atoms with E-state index in [1.165, 1.54) is 0 Å². The topological polar surface area (TPSA) is 125 Å². The van der Waals surface area contributed by atoms with Crippen molar-refractivity contribution in [1.29, 1.82) is 0 Å². The number of nitrogens with one attached hydrogen (secondary N) is 3. The fourth-order valence-electron chi connectivity index (χ4n) is 6.32. The van der Waals surface area contributed by atoms with Crippen molar-refractivity contribution in [3.8, 4) is 0 Å². The van der Waals surface area contributed by atoms with Crippen molar-refractivity contribution in [3.05, 3.63) is 71.8 Å². The summed E-state index contributed by atoms with van der Waals surface area (Å²) in [6.07, 6.45) is 4.55. The second kappa shape index (κ2) is 19.4. The fourth-order valence-corrected chi connectivity index (χ4v) is 6.98. The number of aliphatic imine (C=N–C) groups is 1. The van der Waals surface area contributed by atoms with Crippen LogP contribution < -0.4 is 16.0 Å². The molecule has 3 heterocycles. The smallest absolute Gasteiger partial charge is 0.407 e. The number of hydrogen-bond donors (Lipinski definition) is 3. The minimum absolute atomic E-state index is 0.149. The quantitative estimate of drug-likeness (QED) is 0.246. The van der Waals surface area contributed by atoms with E-state index in [0.717, 1.165) is 37.1 Å². The van der Waals surface area contributed by atoms with Crippen LogP contribution >= 0.6 is 11.8 Å². The fraction of sp³-hybridized carbons (Fsp3) is 0.556. The van der Waals surface area contributed by atoms with Crippen LogP contribution in [0.25, 0.3) is 0 Å². The Hall–Kier alpha value is -3.61. The van der Waals surface area contributed by atoms with Gasteiger partial charge in [-0.2, -0.15) is 0 Å². The molecular formula is C36H50N6O5S. The summed E-state index contributed by atoms with van der Waals surface area (Å²) in [6, 6.07) is 18.9. The van der Waals surface area contributed by atoms with Gasteiger partial charge in [0, 0.05) is 44.8 Å². The third-order valence-electron chi connectivity index (χ3n) is 9.06. The van der Waals surface area contributed by atoms with Crippen LogP contribution in [-0.2, 0) is 27.1 Å². The van der Waals surface area contributed by atoms with Gasteiger partial charge in [-0.15, -0.1) is 11.8 Å². The summed E-state index contributed by atoms with van der Waals surface area (Å²) in [5.41, 5.74) is 4.02. The molecule has 0 radical (unpaired) electrons. The molecule has 4 atom stereocenters. The lowest BCUT2D eigenvalue weighted by atomic mass is 9.95. The first-order valence-electron chi connectivity index (χ1n) is 17.3. The van der Waals surface area contributed by atoms with Crippen LogP contribution in [0, 0.1) is 0 Å². The third kappa shape index (κ3) is 12.1. The highest BCUT2D eigenvalue weighted by atomic mass is 32.2. The third-order valence-corrected chi connectivity index (χ3v) is 10.0. The molecule has 12 heteroatoms. The first-order chi connectivity index (χ1) is 23.5.